The summed E-state index contributed by atoms with van der Waals surface area (Å²) in [6, 6.07) is 8.26. The van der Waals surface area contributed by atoms with E-state index in [2.05, 4.69) is 28.2 Å². The molecule has 0 bridgehead atoms. The van der Waals surface area contributed by atoms with Gasteiger partial charge in [0.15, 0.2) is 0 Å². The van der Waals surface area contributed by atoms with Crippen LogP contribution in [0.25, 0.3) is 0 Å². The van der Waals surface area contributed by atoms with Crippen molar-refractivity contribution in [2.75, 3.05) is 25.5 Å². The number of nitrogens with zero attached hydrogens (tertiary/aromatic N) is 3. The third-order valence-electron chi connectivity index (χ3n) is 2.60. The van der Waals surface area contributed by atoms with Gasteiger partial charge in [-0.25, -0.2) is 4.98 Å². The van der Waals surface area contributed by atoms with Gasteiger partial charge in [0.25, 0.3) is 0 Å². The van der Waals surface area contributed by atoms with Crippen LogP contribution in [0.15, 0.2) is 18.2 Å². The van der Waals surface area contributed by atoms with Crippen molar-refractivity contribution in [3.63, 3.8) is 0 Å². The van der Waals surface area contributed by atoms with E-state index in [1.807, 2.05) is 32.2 Å². The van der Waals surface area contributed by atoms with Crippen LogP contribution in [0, 0.1) is 17.2 Å². The Morgan fingerprint density at radius 2 is 2.28 bits per heavy atom. The molecule has 1 aromatic heterocycles. The standard InChI is InChI=1S/C14H22N4/c1-4-8-16-14-7-5-6-13(17-14)11-18(3)10-12(2)9-15/h5-7,12H,4,8,10-11H2,1-3H3,(H,16,17). The van der Waals surface area contributed by atoms with Crippen LogP contribution in [0.4, 0.5) is 5.82 Å². The van der Waals surface area contributed by atoms with Crippen LogP contribution in [0.1, 0.15) is 26.0 Å². The number of rotatable bonds is 7. The summed E-state index contributed by atoms with van der Waals surface area (Å²) in [6.07, 6.45) is 1.09. The Morgan fingerprint density at radius 1 is 1.50 bits per heavy atom. The minimum atomic E-state index is 0.0522. The Balaban J connectivity index is 2.53. The van der Waals surface area contributed by atoms with Crippen LogP contribution >= 0.6 is 0 Å². The van der Waals surface area contributed by atoms with E-state index in [1.165, 1.54) is 0 Å². The van der Waals surface area contributed by atoms with E-state index >= 15 is 0 Å². The van der Waals surface area contributed by atoms with Crippen LogP contribution in [0.5, 0.6) is 0 Å². The topological polar surface area (TPSA) is 52.0 Å². The van der Waals surface area contributed by atoms with Crippen molar-refractivity contribution >= 4 is 5.82 Å². The molecule has 4 heteroatoms. The molecule has 1 unspecified atom stereocenters. The molecule has 0 aliphatic rings. The normalized spacial score (nSPS) is 12.2. The lowest BCUT2D eigenvalue weighted by Gasteiger charge is -2.17. The molecular formula is C14H22N4. The van der Waals surface area contributed by atoms with E-state index in [0.29, 0.717) is 0 Å². The monoisotopic (exact) mass is 246 g/mol. The van der Waals surface area contributed by atoms with Crippen LogP contribution in [0.2, 0.25) is 0 Å². The third-order valence-corrected chi connectivity index (χ3v) is 2.60. The number of aromatic nitrogens is 1. The van der Waals surface area contributed by atoms with Crippen molar-refractivity contribution in [2.24, 2.45) is 5.92 Å². The van der Waals surface area contributed by atoms with Crippen molar-refractivity contribution in [2.45, 2.75) is 26.8 Å². The number of nitriles is 1. The fraction of sp³-hybridized carbons (Fsp3) is 0.571. The molecular weight excluding hydrogens is 224 g/mol. The number of anilines is 1. The molecule has 1 rings (SSSR count). The molecule has 4 nitrogen and oxygen atoms in total. The SMILES string of the molecule is CCCNc1cccc(CN(C)CC(C)C#N)n1. The Morgan fingerprint density at radius 3 is 2.94 bits per heavy atom. The number of nitrogens with one attached hydrogen (secondary N) is 1. The molecule has 0 aromatic carbocycles. The second-order valence-corrected chi connectivity index (χ2v) is 4.67. The molecule has 1 N–H and O–H groups in total. The van der Waals surface area contributed by atoms with Crippen molar-refractivity contribution in [3.05, 3.63) is 23.9 Å². The highest BCUT2D eigenvalue weighted by molar-refractivity contribution is 5.35. The Kier molecular flexibility index (Phi) is 6.16. The van der Waals surface area contributed by atoms with Crippen molar-refractivity contribution in [1.82, 2.24) is 9.88 Å². The van der Waals surface area contributed by atoms with Gasteiger partial charge in [-0.1, -0.05) is 13.0 Å². The number of hydrogen-bond acceptors (Lipinski definition) is 4. The van der Waals surface area contributed by atoms with E-state index in [4.69, 9.17) is 5.26 Å². The first-order chi connectivity index (χ1) is 8.65. The van der Waals surface area contributed by atoms with Crippen molar-refractivity contribution in [3.8, 4) is 6.07 Å². The summed E-state index contributed by atoms with van der Waals surface area (Å²) in [7, 11) is 2.02. The molecule has 0 saturated heterocycles. The maximum Gasteiger partial charge on any atom is 0.126 e. The van der Waals surface area contributed by atoms with Gasteiger partial charge in [-0.05, 0) is 32.5 Å². The molecule has 0 aliphatic carbocycles. The summed E-state index contributed by atoms with van der Waals surface area (Å²) in [6.45, 7) is 6.55. The lowest BCUT2D eigenvalue weighted by molar-refractivity contribution is 0.300. The Labute approximate surface area is 110 Å². The molecule has 1 heterocycles. The van der Waals surface area contributed by atoms with E-state index in [-0.39, 0.29) is 5.92 Å². The number of pyridine rings is 1. The first-order valence-corrected chi connectivity index (χ1v) is 6.43. The molecule has 18 heavy (non-hydrogen) atoms. The first kappa shape index (κ1) is 14.5. The molecule has 0 fully saturated rings. The van der Waals surface area contributed by atoms with Crippen molar-refractivity contribution in [1.29, 1.82) is 5.26 Å². The van der Waals surface area contributed by atoms with Gasteiger partial charge < -0.3 is 5.32 Å². The van der Waals surface area contributed by atoms with Gasteiger partial charge in [0.2, 0.25) is 0 Å². The predicted octanol–water partition coefficient (Wildman–Crippen LogP) is 2.49. The van der Waals surface area contributed by atoms with Gasteiger partial charge in [-0.3, -0.25) is 4.90 Å². The van der Waals surface area contributed by atoms with Crippen LogP contribution < -0.4 is 5.32 Å². The van der Waals surface area contributed by atoms with Gasteiger partial charge in [0.05, 0.1) is 17.7 Å². The van der Waals surface area contributed by atoms with E-state index in [1.54, 1.807) is 0 Å². The molecule has 0 amide bonds. The second-order valence-electron chi connectivity index (χ2n) is 4.67. The van der Waals surface area contributed by atoms with Crippen molar-refractivity contribution < 1.29 is 0 Å². The lowest BCUT2D eigenvalue weighted by Crippen LogP contribution is -2.23. The van der Waals surface area contributed by atoms with E-state index in [9.17, 15) is 0 Å². The van der Waals surface area contributed by atoms with Gasteiger partial charge >= 0.3 is 0 Å². The summed E-state index contributed by atoms with van der Waals surface area (Å²) in [4.78, 5) is 6.67. The lowest BCUT2D eigenvalue weighted by atomic mass is 10.2. The highest BCUT2D eigenvalue weighted by Gasteiger charge is 2.06. The smallest absolute Gasteiger partial charge is 0.126 e. The zero-order valence-electron chi connectivity index (χ0n) is 11.5. The molecule has 1 aromatic rings. The second kappa shape index (κ2) is 7.67. The molecule has 0 aliphatic heterocycles. The summed E-state index contributed by atoms with van der Waals surface area (Å²) in [5.41, 5.74) is 1.03. The Hall–Kier alpha value is -1.60. The largest absolute Gasteiger partial charge is 0.370 e. The highest BCUT2D eigenvalue weighted by Crippen LogP contribution is 2.08. The molecule has 1 atom stereocenters. The fourth-order valence-corrected chi connectivity index (χ4v) is 1.77. The van der Waals surface area contributed by atoms with Gasteiger partial charge in [-0.2, -0.15) is 5.26 Å². The van der Waals surface area contributed by atoms with Gasteiger partial charge in [0, 0.05) is 19.6 Å². The summed E-state index contributed by atoms with van der Waals surface area (Å²) < 4.78 is 0. The average Bonchev–Trinajstić information content (AvgIpc) is 2.36. The van der Waals surface area contributed by atoms with Crippen LogP contribution in [-0.4, -0.2) is 30.0 Å². The maximum absolute atomic E-state index is 8.79. The zero-order chi connectivity index (χ0) is 13.4. The third kappa shape index (κ3) is 5.15. The Bertz CT molecular complexity index is 397. The summed E-state index contributed by atoms with van der Waals surface area (Å²) >= 11 is 0. The average molecular weight is 246 g/mol. The quantitative estimate of drug-likeness (QED) is 0.803. The molecule has 98 valence electrons. The molecule has 0 saturated carbocycles. The van der Waals surface area contributed by atoms with Crippen LogP contribution in [0.3, 0.4) is 0 Å². The molecule has 0 spiro atoms. The maximum atomic E-state index is 8.79. The number of hydrogen-bond donors (Lipinski definition) is 1. The summed E-state index contributed by atoms with van der Waals surface area (Å²) in [5, 5.41) is 12.1. The highest BCUT2D eigenvalue weighted by atomic mass is 15.1. The van der Waals surface area contributed by atoms with Gasteiger partial charge in [-0.15, -0.1) is 0 Å². The summed E-state index contributed by atoms with van der Waals surface area (Å²) in [5.74, 6) is 0.979. The minimum absolute atomic E-state index is 0.0522. The predicted molar refractivity (Wildman–Crippen MR) is 74.1 cm³/mol. The van der Waals surface area contributed by atoms with E-state index < -0.39 is 0 Å². The van der Waals surface area contributed by atoms with Gasteiger partial charge in [0.1, 0.15) is 5.82 Å². The minimum Gasteiger partial charge on any atom is -0.370 e. The van der Waals surface area contributed by atoms with E-state index in [0.717, 1.165) is 37.6 Å². The fourth-order valence-electron chi connectivity index (χ4n) is 1.77. The first-order valence-electron chi connectivity index (χ1n) is 6.43. The zero-order valence-corrected chi connectivity index (χ0v) is 11.5. The molecule has 0 radical (unpaired) electrons. The van der Waals surface area contributed by atoms with Crippen LogP contribution in [-0.2, 0) is 6.54 Å².